The van der Waals surface area contributed by atoms with E-state index in [4.69, 9.17) is 0 Å². The van der Waals surface area contributed by atoms with Crippen molar-refractivity contribution in [3.8, 4) is 0 Å². The Morgan fingerprint density at radius 2 is 2.00 bits per heavy atom. The lowest BCUT2D eigenvalue weighted by Crippen LogP contribution is -2.35. The molecule has 0 spiro atoms. The number of alkyl halides is 3. The van der Waals surface area contributed by atoms with Crippen LogP contribution >= 0.6 is 0 Å². The van der Waals surface area contributed by atoms with Gasteiger partial charge in [-0.2, -0.15) is 13.2 Å². The second-order valence-corrected chi connectivity index (χ2v) is 8.90. The summed E-state index contributed by atoms with van der Waals surface area (Å²) in [5, 5.41) is 2.94. The largest absolute Gasteiger partial charge is 0.433 e. The van der Waals surface area contributed by atoms with Gasteiger partial charge < -0.3 is 14.8 Å². The highest BCUT2D eigenvalue weighted by Gasteiger charge is 2.33. The highest BCUT2D eigenvalue weighted by atomic mass is 19.4. The number of halogens is 3. The molecule has 0 saturated carbocycles. The summed E-state index contributed by atoms with van der Waals surface area (Å²) in [4.78, 5) is 31.9. The molecule has 33 heavy (non-hydrogen) atoms. The van der Waals surface area contributed by atoms with Gasteiger partial charge in [0.2, 0.25) is 0 Å². The zero-order valence-electron chi connectivity index (χ0n) is 18.9. The molecule has 1 N–H and O–H groups in total. The molecule has 2 aromatic rings. The lowest BCUT2D eigenvalue weighted by Gasteiger charge is -2.24. The first-order valence-corrected chi connectivity index (χ1v) is 11.6. The Morgan fingerprint density at radius 3 is 2.61 bits per heavy atom. The van der Waals surface area contributed by atoms with Crippen molar-refractivity contribution in [3.05, 3.63) is 52.6 Å². The second-order valence-electron chi connectivity index (χ2n) is 8.90. The van der Waals surface area contributed by atoms with Crippen LogP contribution in [0.4, 0.5) is 13.2 Å². The summed E-state index contributed by atoms with van der Waals surface area (Å²) in [5.74, 6) is -0.359. The number of nitrogens with zero attached hydrogens (tertiary/aromatic N) is 3. The molecule has 0 aliphatic carbocycles. The predicted molar refractivity (Wildman–Crippen MR) is 117 cm³/mol. The van der Waals surface area contributed by atoms with Crippen molar-refractivity contribution in [2.45, 2.75) is 77.2 Å². The number of pyridine rings is 1. The van der Waals surface area contributed by atoms with Gasteiger partial charge in [-0.3, -0.25) is 14.6 Å². The van der Waals surface area contributed by atoms with E-state index in [9.17, 15) is 22.8 Å². The average molecular weight is 463 g/mol. The molecule has 2 aliphatic heterocycles. The fraction of sp³-hybridized carbons (Fsp3) is 0.542. The van der Waals surface area contributed by atoms with Crippen molar-refractivity contribution in [1.29, 1.82) is 0 Å². The molecule has 1 unspecified atom stereocenters. The Hall–Kier alpha value is -2.84. The molecule has 4 heterocycles. The molecule has 0 aromatic carbocycles. The van der Waals surface area contributed by atoms with E-state index >= 15 is 0 Å². The number of aromatic nitrogens is 2. The summed E-state index contributed by atoms with van der Waals surface area (Å²) in [6, 6.07) is 3.67. The van der Waals surface area contributed by atoms with Crippen LogP contribution in [0, 0.1) is 0 Å². The van der Waals surface area contributed by atoms with Gasteiger partial charge in [-0.15, -0.1) is 0 Å². The van der Waals surface area contributed by atoms with Gasteiger partial charge >= 0.3 is 6.18 Å². The van der Waals surface area contributed by atoms with Crippen LogP contribution in [0.1, 0.15) is 89.8 Å². The molecular formula is C24H29F3N4O2. The van der Waals surface area contributed by atoms with Crippen LogP contribution in [0.25, 0.3) is 0 Å². The maximum Gasteiger partial charge on any atom is 0.433 e. The minimum Gasteiger partial charge on any atom is -0.345 e. The van der Waals surface area contributed by atoms with Crippen LogP contribution in [-0.4, -0.2) is 38.9 Å². The Balaban J connectivity index is 1.58. The SMILES string of the molecule is CC[C@@H](NC(=O)c1cc(C(=O)N2CCCC2C)n2c1CCCC2)c1ccc(C(F)(F)F)nc1. The minimum absolute atomic E-state index is 0.0406. The fourth-order valence-electron chi connectivity index (χ4n) is 4.87. The van der Waals surface area contributed by atoms with Crippen molar-refractivity contribution in [1.82, 2.24) is 19.8 Å². The van der Waals surface area contributed by atoms with Crippen molar-refractivity contribution < 1.29 is 22.8 Å². The third-order valence-electron chi connectivity index (χ3n) is 6.72. The highest BCUT2D eigenvalue weighted by molar-refractivity contribution is 6.01. The Labute approximate surface area is 191 Å². The third kappa shape index (κ3) is 4.63. The quantitative estimate of drug-likeness (QED) is 0.698. The van der Waals surface area contributed by atoms with Gasteiger partial charge in [0.25, 0.3) is 11.8 Å². The highest BCUT2D eigenvalue weighted by Crippen LogP contribution is 2.30. The van der Waals surface area contributed by atoms with Gasteiger partial charge in [0, 0.05) is 31.0 Å². The molecule has 2 aliphatic rings. The lowest BCUT2D eigenvalue weighted by molar-refractivity contribution is -0.141. The zero-order chi connectivity index (χ0) is 23.8. The van der Waals surface area contributed by atoms with Crippen LogP contribution in [0.3, 0.4) is 0 Å². The maximum atomic E-state index is 13.3. The van der Waals surface area contributed by atoms with Crippen molar-refractivity contribution >= 4 is 11.8 Å². The number of carbonyl (C=O) groups excluding carboxylic acids is 2. The van der Waals surface area contributed by atoms with E-state index < -0.39 is 17.9 Å². The van der Waals surface area contributed by atoms with Gasteiger partial charge in [-0.1, -0.05) is 13.0 Å². The van der Waals surface area contributed by atoms with Gasteiger partial charge in [-0.05, 0) is 63.1 Å². The summed E-state index contributed by atoms with van der Waals surface area (Å²) < 4.78 is 40.5. The van der Waals surface area contributed by atoms with E-state index in [0.29, 0.717) is 36.2 Å². The van der Waals surface area contributed by atoms with Gasteiger partial charge in [0.05, 0.1) is 11.6 Å². The molecule has 1 fully saturated rings. The molecule has 0 radical (unpaired) electrons. The first-order chi connectivity index (χ1) is 15.7. The molecular weight excluding hydrogens is 433 g/mol. The normalized spacial score (nSPS) is 19.3. The number of hydrogen-bond donors (Lipinski definition) is 1. The summed E-state index contributed by atoms with van der Waals surface area (Å²) in [5.41, 5.74) is 1.42. The van der Waals surface area contributed by atoms with Crippen LogP contribution in [0.2, 0.25) is 0 Å². The number of rotatable bonds is 5. The van der Waals surface area contributed by atoms with Crippen molar-refractivity contribution in [3.63, 3.8) is 0 Å². The van der Waals surface area contributed by atoms with Gasteiger partial charge in [0.15, 0.2) is 0 Å². The minimum atomic E-state index is -4.51. The van der Waals surface area contributed by atoms with Gasteiger partial charge in [0.1, 0.15) is 11.4 Å². The number of hydrogen-bond acceptors (Lipinski definition) is 3. The van der Waals surface area contributed by atoms with Crippen LogP contribution in [-0.2, 0) is 19.1 Å². The number of carbonyl (C=O) groups is 2. The van der Waals surface area contributed by atoms with E-state index in [1.54, 1.807) is 6.07 Å². The lowest BCUT2D eigenvalue weighted by atomic mass is 10.0. The molecule has 2 atom stereocenters. The van der Waals surface area contributed by atoms with Gasteiger partial charge in [-0.25, -0.2) is 0 Å². The van der Waals surface area contributed by atoms with E-state index in [2.05, 4.69) is 10.3 Å². The summed E-state index contributed by atoms with van der Waals surface area (Å²) in [6.45, 7) is 5.32. The van der Waals surface area contributed by atoms with Crippen LogP contribution in [0.5, 0.6) is 0 Å². The molecule has 4 rings (SSSR count). The summed E-state index contributed by atoms with van der Waals surface area (Å²) in [6.07, 6.45) is 1.71. The van der Waals surface area contributed by atoms with Crippen molar-refractivity contribution in [2.24, 2.45) is 0 Å². The fourth-order valence-corrected chi connectivity index (χ4v) is 4.87. The standard InChI is InChI=1S/C24H29F3N4O2/c1-3-18(16-9-10-21(28-14-16)24(25,26)27)29-22(32)17-13-20(31-11-5-4-8-19(17)31)23(33)30-12-6-7-15(30)2/h9-10,13-15,18H,3-8,11-12H2,1-2H3,(H,29,32)/t15?,18-/m1/s1. The topological polar surface area (TPSA) is 67.2 Å². The molecule has 0 bridgehead atoms. The first kappa shape index (κ1) is 23.3. The zero-order valence-corrected chi connectivity index (χ0v) is 18.9. The molecule has 178 valence electrons. The molecule has 1 saturated heterocycles. The molecule has 2 aromatic heterocycles. The Kier molecular flexibility index (Phi) is 6.50. The number of likely N-dealkylation sites (tertiary alicyclic amines) is 1. The van der Waals surface area contributed by atoms with Crippen molar-refractivity contribution in [2.75, 3.05) is 6.54 Å². The molecule has 6 nitrogen and oxygen atoms in total. The molecule has 9 heteroatoms. The van der Waals surface area contributed by atoms with Crippen LogP contribution < -0.4 is 5.32 Å². The first-order valence-electron chi connectivity index (χ1n) is 11.6. The summed E-state index contributed by atoms with van der Waals surface area (Å²) in [7, 11) is 0. The second kappa shape index (κ2) is 9.19. The van der Waals surface area contributed by atoms with E-state index in [1.165, 1.54) is 6.07 Å². The Bertz CT molecular complexity index is 1030. The third-order valence-corrected chi connectivity index (χ3v) is 6.72. The number of fused-ring (bicyclic) bond motifs is 1. The van der Waals surface area contributed by atoms with Crippen LogP contribution in [0.15, 0.2) is 24.4 Å². The number of nitrogens with one attached hydrogen (secondary N) is 1. The Morgan fingerprint density at radius 1 is 1.21 bits per heavy atom. The van der Waals surface area contributed by atoms with E-state index in [-0.39, 0.29) is 17.9 Å². The maximum absolute atomic E-state index is 13.3. The number of amides is 2. The van der Waals surface area contributed by atoms with E-state index in [0.717, 1.165) is 50.2 Å². The molecule has 2 amide bonds. The predicted octanol–water partition coefficient (Wildman–Crippen LogP) is 4.74. The van der Waals surface area contributed by atoms with E-state index in [1.807, 2.05) is 23.3 Å². The summed E-state index contributed by atoms with van der Waals surface area (Å²) >= 11 is 0. The monoisotopic (exact) mass is 462 g/mol. The smallest absolute Gasteiger partial charge is 0.345 e. The average Bonchev–Trinajstić information content (AvgIpc) is 3.40.